The van der Waals surface area contributed by atoms with Crippen molar-refractivity contribution in [2.45, 2.75) is 13.8 Å². The van der Waals surface area contributed by atoms with Crippen LogP contribution >= 0.6 is 7.37 Å². The van der Waals surface area contributed by atoms with Gasteiger partial charge in [-0.05, 0) is 6.92 Å². The third-order valence-electron chi connectivity index (χ3n) is 1.06. The van der Waals surface area contributed by atoms with Crippen molar-refractivity contribution >= 4 is 7.37 Å². The lowest BCUT2D eigenvalue weighted by atomic mass is 10.9. The molecule has 0 aliphatic carbocycles. The molecule has 0 fully saturated rings. The van der Waals surface area contributed by atoms with Gasteiger partial charge in [-0.2, -0.15) is 0 Å². The van der Waals surface area contributed by atoms with Gasteiger partial charge >= 0.3 is 0 Å². The lowest BCUT2D eigenvalue weighted by molar-refractivity contribution is 0.284. The Labute approximate surface area is 55.5 Å². The van der Waals surface area contributed by atoms with Crippen molar-refractivity contribution in [2.75, 3.05) is 19.1 Å². The Kier molecular flexibility index (Phi) is 4.11. The van der Waals surface area contributed by atoms with Crippen LogP contribution in [0.1, 0.15) is 13.8 Å². The summed E-state index contributed by atoms with van der Waals surface area (Å²) in [7, 11) is -2.63. The molecule has 3 nitrogen and oxygen atoms in total. The number of aliphatic hydroxyl groups excluding tert-OH is 1. The lowest BCUT2D eigenvalue weighted by Gasteiger charge is -2.11. The first kappa shape index (κ1) is 9.15. The molecule has 0 saturated heterocycles. The highest BCUT2D eigenvalue weighted by Crippen LogP contribution is 2.44. The summed E-state index contributed by atoms with van der Waals surface area (Å²) in [4.78, 5) is 0. The molecule has 0 bridgehead atoms. The van der Waals surface area contributed by atoms with Crippen LogP contribution in [0.15, 0.2) is 0 Å². The van der Waals surface area contributed by atoms with Gasteiger partial charge in [0, 0.05) is 6.16 Å². The fourth-order valence-electron chi connectivity index (χ4n) is 0.467. The number of aliphatic hydroxyl groups is 1. The molecule has 4 heteroatoms. The maximum Gasteiger partial charge on any atom is 0.227 e. The second-order valence-corrected chi connectivity index (χ2v) is 4.49. The summed E-state index contributed by atoms with van der Waals surface area (Å²) in [5, 5.41) is 8.53. The molecule has 0 aliphatic rings. The first-order valence-electron chi connectivity index (χ1n) is 3.02. The van der Waals surface area contributed by atoms with E-state index < -0.39 is 7.37 Å². The molecule has 0 aromatic rings. The van der Waals surface area contributed by atoms with Crippen LogP contribution in [-0.4, -0.2) is 24.2 Å². The number of rotatable bonds is 4. The largest absolute Gasteiger partial charge is 0.386 e. The Morgan fingerprint density at radius 1 is 1.56 bits per heavy atom. The average molecular weight is 152 g/mol. The number of hydrogen-bond donors (Lipinski definition) is 1. The second-order valence-electron chi connectivity index (χ2n) is 1.69. The summed E-state index contributed by atoms with van der Waals surface area (Å²) in [5.74, 6) is 0. The molecular formula is C5H13O3P. The zero-order valence-corrected chi connectivity index (χ0v) is 6.73. The molecule has 1 N–H and O–H groups in total. The van der Waals surface area contributed by atoms with Gasteiger partial charge in [0.25, 0.3) is 0 Å². The van der Waals surface area contributed by atoms with Gasteiger partial charge in [-0.1, -0.05) is 6.92 Å². The molecule has 1 atom stereocenters. The summed E-state index contributed by atoms with van der Waals surface area (Å²) < 4.78 is 15.9. The lowest BCUT2D eigenvalue weighted by Crippen LogP contribution is -1.96. The average Bonchev–Trinajstić information content (AvgIpc) is 1.89. The van der Waals surface area contributed by atoms with Crippen molar-refractivity contribution in [3.63, 3.8) is 0 Å². The van der Waals surface area contributed by atoms with Gasteiger partial charge in [-0.25, -0.2) is 0 Å². The van der Waals surface area contributed by atoms with Gasteiger partial charge in [0.05, 0.1) is 6.61 Å². The summed E-state index contributed by atoms with van der Waals surface area (Å²) in [6.45, 7) is 3.91. The van der Waals surface area contributed by atoms with E-state index in [9.17, 15) is 4.57 Å². The number of hydrogen-bond acceptors (Lipinski definition) is 3. The van der Waals surface area contributed by atoms with Crippen molar-refractivity contribution in [1.82, 2.24) is 0 Å². The van der Waals surface area contributed by atoms with E-state index in [2.05, 4.69) is 0 Å². The van der Waals surface area contributed by atoms with E-state index in [-0.39, 0.29) is 6.35 Å². The molecule has 0 heterocycles. The third-order valence-corrected chi connectivity index (χ3v) is 3.18. The van der Waals surface area contributed by atoms with Crippen LogP contribution in [0.4, 0.5) is 0 Å². The predicted octanol–water partition coefficient (Wildman–Crippen LogP) is 1.27. The highest BCUT2D eigenvalue weighted by Gasteiger charge is 2.16. The van der Waals surface area contributed by atoms with Crippen LogP contribution in [0, 0.1) is 0 Å². The molecule has 0 aromatic heterocycles. The highest BCUT2D eigenvalue weighted by molar-refractivity contribution is 7.58. The zero-order valence-electron chi connectivity index (χ0n) is 5.83. The van der Waals surface area contributed by atoms with Gasteiger partial charge in [0.2, 0.25) is 7.37 Å². The molecule has 0 rings (SSSR count). The van der Waals surface area contributed by atoms with Crippen LogP contribution < -0.4 is 0 Å². The van der Waals surface area contributed by atoms with Crippen molar-refractivity contribution in [3.05, 3.63) is 0 Å². The normalized spacial score (nSPS) is 17.2. The highest BCUT2D eigenvalue weighted by atomic mass is 31.2. The van der Waals surface area contributed by atoms with Crippen LogP contribution in [0.3, 0.4) is 0 Å². The van der Waals surface area contributed by atoms with Crippen molar-refractivity contribution in [2.24, 2.45) is 0 Å². The smallest absolute Gasteiger partial charge is 0.227 e. The minimum absolute atomic E-state index is 0.336. The molecule has 0 unspecified atom stereocenters. The molecule has 0 aromatic carbocycles. The second kappa shape index (κ2) is 4.04. The molecular weight excluding hydrogens is 139 g/mol. The molecule has 0 saturated carbocycles. The predicted molar refractivity (Wildman–Crippen MR) is 36.9 cm³/mol. The van der Waals surface area contributed by atoms with Crippen molar-refractivity contribution in [3.8, 4) is 0 Å². The Morgan fingerprint density at radius 3 is 2.22 bits per heavy atom. The Bertz CT molecular complexity index is 105. The van der Waals surface area contributed by atoms with E-state index in [0.29, 0.717) is 12.8 Å². The summed E-state index contributed by atoms with van der Waals surface area (Å²) in [5.41, 5.74) is 0. The summed E-state index contributed by atoms with van der Waals surface area (Å²) >= 11 is 0. The van der Waals surface area contributed by atoms with Gasteiger partial charge in [0.1, 0.15) is 6.35 Å². The molecule has 56 valence electrons. The van der Waals surface area contributed by atoms with Gasteiger partial charge in [-0.15, -0.1) is 0 Å². The van der Waals surface area contributed by atoms with Crippen molar-refractivity contribution in [1.29, 1.82) is 0 Å². The molecule has 0 amide bonds. The monoisotopic (exact) mass is 152 g/mol. The van der Waals surface area contributed by atoms with Gasteiger partial charge < -0.3 is 9.63 Å². The molecule has 0 radical (unpaired) electrons. The van der Waals surface area contributed by atoms with Gasteiger partial charge in [0.15, 0.2) is 0 Å². The molecule has 9 heavy (non-hydrogen) atoms. The molecule has 0 aliphatic heterocycles. The van der Waals surface area contributed by atoms with Gasteiger partial charge in [-0.3, -0.25) is 4.57 Å². The van der Waals surface area contributed by atoms with Crippen molar-refractivity contribution < 1.29 is 14.2 Å². The summed E-state index contributed by atoms with van der Waals surface area (Å²) in [6, 6.07) is 0. The Morgan fingerprint density at radius 2 is 2.11 bits per heavy atom. The SMILES string of the molecule is CCO[P@@](=O)(CC)CO. The first-order chi connectivity index (χ1) is 4.18. The van der Waals surface area contributed by atoms with E-state index in [1.807, 2.05) is 0 Å². The quantitative estimate of drug-likeness (QED) is 0.617. The fraction of sp³-hybridized carbons (Fsp3) is 1.00. The Balaban J connectivity index is 3.78. The van der Waals surface area contributed by atoms with Crippen LogP contribution in [0.5, 0.6) is 0 Å². The van der Waals surface area contributed by atoms with E-state index in [0.717, 1.165) is 0 Å². The van der Waals surface area contributed by atoms with E-state index >= 15 is 0 Å². The van der Waals surface area contributed by atoms with Crippen LogP contribution in [0.2, 0.25) is 0 Å². The summed E-state index contributed by atoms with van der Waals surface area (Å²) in [6.07, 6.45) is 0.0781. The standard InChI is InChI=1S/C5H13O3P/c1-3-8-9(7,4-2)5-6/h6H,3-5H2,1-2H3/t9-/m0/s1. The van der Waals surface area contributed by atoms with E-state index in [1.54, 1.807) is 13.8 Å². The Hall–Kier alpha value is 0.150. The molecule has 0 spiro atoms. The third kappa shape index (κ3) is 2.99. The minimum atomic E-state index is -2.63. The van der Waals surface area contributed by atoms with Crippen LogP contribution in [-0.2, 0) is 9.09 Å². The van der Waals surface area contributed by atoms with E-state index in [1.165, 1.54) is 0 Å². The van der Waals surface area contributed by atoms with Crippen LogP contribution in [0.25, 0.3) is 0 Å². The minimum Gasteiger partial charge on any atom is -0.386 e. The van der Waals surface area contributed by atoms with E-state index in [4.69, 9.17) is 9.63 Å². The fourth-order valence-corrected chi connectivity index (χ4v) is 1.40. The maximum atomic E-state index is 11.1. The maximum absolute atomic E-state index is 11.1. The topological polar surface area (TPSA) is 46.5 Å². The first-order valence-corrected chi connectivity index (χ1v) is 5.01. The zero-order chi connectivity index (χ0) is 7.33.